The second-order valence-corrected chi connectivity index (χ2v) is 11.5. The van der Waals surface area contributed by atoms with Gasteiger partial charge in [-0.3, -0.25) is 0 Å². The van der Waals surface area contributed by atoms with Gasteiger partial charge >= 0.3 is 0 Å². The van der Waals surface area contributed by atoms with E-state index in [0.29, 0.717) is 17.5 Å². The Morgan fingerprint density at radius 3 is 1.63 bits per heavy atom. The highest BCUT2D eigenvalue weighted by atomic mass is 32.1. The Morgan fingerprint density at radius 2 is 0.860 bits per heavy atom. The van der Waals surface area contributed by atoms with Gasteiger partial charge < -0.3 is 0 Å². The van der Waals surface area contributed by atoms with Gasteiger partial charge in [0.05, 0.1) is 0 Å². The number of hydrogen-bond acceptors (Lipinski definition) is 4. The summed E-state index contributed by atoms with van der Waals surface area (Å²) in [7, 11) is 0. The summed E-state index contributed by atoms with van der Waals surface area (Å²) in [6, 6.07) is 52.7. The molecule has 0 radical (unpaired) electrons. The second kappa shape index (κ2) is 10.8. The maximum Gasteiger partial charge on any atom is 0.165 e. The van der Waals surface area contributed by atoms with E-state index in [-0.39, 0.29) is 0 Å². The monoisotopic (exact) mass is 567 g/mol. The van der Waals surface area contributed by atoms with E-state index in [1.165, 1.54) is 25.7 Å². The van der Waals surface area contributed by atoms with E-state index in [1.54, 1.807) is 11.3 Å². The van der Waals surface area contributed by atoms with E-state index in [4.69, 9.17) is 15.0 Å². The Morgan fingerprint density at radius 1 is 0.349 bits per heavy atom. The van der Waals surface area contributed by atoms with Crippen molar-refractivity contribution in [3.63, 3.8) is 0 Å². The average molecular weight is 568 g/mol. The van der Waals surface area contributed by atoms with Gasteiger partial charge in [0.2, 0.25) is 0 Å². The van der Waals surface area contributed by atoms with Gasteiger partial charge in [0.25, 0.3) is 0 Å². The fourth-order valence-electron chi connectivity index (χ4n) is 5.59. The molecule has 0 unspecified atom stereocenters. The lowest BCUT2D eigenvalue weighted by atomic mass is 10.0. The summed E-state index contributed by atoms with van der Waals surface area (Å²) in [4.78, 5) is 15.2. The molecule has 8 aromatic rings. The molecule has 4 heteroatoms. The predicted molar refractivity (Wildman–Crippen MR) is 180 cm³/mol. The van der Waals surface area contributed by atoms with Gasteiger partial charge in [0.1, 0.15) is 0 Å². The molecule has 0 fully saturated rings. The van der Waals surface area contributed by atoms with Crippen molar-refractivity contribution >= 4 is 31.5 Å². The highest BCUT2D eigenvalue weighted by Crippen LogP contribution is 2.39. The Kier molecular flexibility index (Phi) is 6.32. The van der Waals surface area contributed by atoms with Crippen molar-refractivity contribution in [2.45, 2.75) is 0 Å². The molecule has 6 aromatic carbocycles. The van der Waals surface area contributed by atoms with Crippen molar-refractivity contribution in [2.24, 2.45) is 0 Å². The maximum absolute atomic E-state index is 5.10. The molecule has 0 aliphatic carbocycles. The normalized spacial score (nSPS) is 11.3. The molecule has 0 bridgehead atoms. The molecule has 0 amide bonds. The van der Waals surface area contributed by atoms with Crippen LogP contribution in [-0.4, -0.2) is 15.0 Å². The third-order valence-electron chi connectivity index (χ3n) is 7.76. The summed E-state index contributed by atoms with van der Waals surface area (Å²) in [5.74, 6) is 1.99. The van der Waals surface area contributed by atoms with Gasteiger partial charge in [-0.2, -0.15) is 0 Å². The summed E-state index contributed by atoms with van der Waals surface area (Å²) < 4.78 is 2.44. The first-order chi connectivity index (χ1) is 21.3. The molecule has 0 saturated heterocycles. The highest BCUT2D eigenvalue weighted by molar-refractivity contribution is 7.26. The molecule has 202 valence electrons. The van der Waals surface area contributed by atoms with Crippen LogP contribution >= 0.6 is 11.3 Å². The SMILES string of the molecule is c1ccc(-c2ccc(-c3nc(-c4cccc(-c5ccccc5)c4)nc(-c4cccc5c4sc4ccccc45)n3)cc2)cc1. The number of aromatic nitrogens is 3. The number of rotatable bonds is 5. The zero-order valence-electron chi connectivity index (χ0n) is 23.2. The fraction of sp³-hybridized carbons (Fsp3) is 0. The molecule has 0 spiro atoms. The van der Waals surface area contributed by atoms with Crippen molar-refractivity contribution in [3.8, 4) is 56.4 Å². The van der Waals surface area contributed by atoms with Crippen molar-refractivity contribution in [1.82, 2.24) is 15.0 Å². The zero-order chi connectivity index (χ0) is 28.6. The van der Waals surface area contributed by atoms with E-state index < -0.39 is 0 Å². The summed E-state index contributed by atoms with van der Waals surface area (Å²) in [6.45, 7) is 0. The first kappa shape index (κ1) is 25.3. The lowest BCUT2D eigenvalue weighted by molar-refractivity contribution is 1.08. The molecule has 3 nitrogen and oxygen atoms in total. The molecule has 2 aromatic heterocycles. The minimum atomic E-state index is 0.655. The van der Waals surface area contributed by atoms with Crippen LogP contribution in [0.2, 0.25) is 0 Å². The minimum Gasteiger partial charge on any atom is -0.208 e. The van der Waals surface area contributed by atoms with Gasteiger partial charge in [-0.15, -0.1) is 11.3 Å². The molecule has 8 rings (SSSR count). The Balaban J connectivity index is 1.31. The van der Waals surface area contributed by atoms with Crippen molar-refractivity contribution in [3.05, 3.63) is 152 Å². The van der Waals surface area contributed by atoms with Crippen molar-refractivity contribution in [1.29, 1.82) is 0 Å². The Labute approximate surface area is 253 Å². The molecule has 0 atom stereocenters. The van der Waals surface area contributed by atoms with E-state index in [2.05, 4.69) is 140 Å². The van der Waals surface area contributed by atoms with E-state index >= 15 is 0 Å². The summed E-state index contributed by atoms with van der Waals surface area (Å²) in [5, 5.41) is 2.48. The van der Waals surface area contributed by atoms with Crippen LogP contribution in [0.4, 0.5) is 0 Å². The van der Waals surface area contributed by atoms with Crippen LogP contribution in [0.25, 0.3) is 76.6 Å². The topological polar surface area (TPSA) is 38.7 Å². The van der Waals surface area contributed by atoms with Gasteiger partial charge in [0.15, 0.2) is 17.5 Å². The lowest BCUT2D eigenvalue weighted by Crippen LogP contribution is -2.00. The maximum atomic E-state index is 5.10. The number of hydrogen-bond donors (Lipinski definition) is 0. The number of fused-ring (bicyclic) bond motifs is 3. The second-order valence-electron chi connectivity index (χ2n) is 10.5. The van der Waals surface area contributed by atoms with Gasteiger partial charge in [-0.25, -0.2) is 15.0 Å². The van der Waals surface area contributed by atoms with E-state index in [1.807, 2.05) is 12.1 Å². The third kappa shape index (κ3) is 4.78. The zero-order valence-corrected chi connectivity index (χ0v) is 24.0. The summed E-state index contributed by atoms with van der Waals surface area (Å²) >= 11 is 1.79. The van der Waals surface area contributed by atoms with E-state index in [9.17, 15) is 0 Å². The standard InChI is InChI=1S/C39H25N3S/c1-3-11-26(12-4-1)28-21-23-29(24-22-28)37-40-38(31-16-9-15-30(25-31)27-13-5-2-6-14-27)42-39(41-37)34-19-10-18-33-32-17-7-8-20-35(32)43-36(33)34/h1-25H. The number of thiophene rings is 1. The molecule has 0 aliphatic rings. The van der Waals surface area contributed by atoms with Crippen LogP contribution in [0.3, 0.4) is 0 Å². The third-order valence-corrected chi connectivity index (χ3v) is 8.98. The van der Waals surface area contributed by atoms with E-state index in [0.717, 1.165) is 33.4 Å². The minimum absolute atomic E-state index is 0.655. The highest BCUT2D eigenvalue weighted by Gasteiger charge is 2.17. The molecule has 0 saturated carbocycles. The molecule has 43 heavy (non-hydrogen) atoms. The predicted octanol–water partition coefficient (Wildman–Crippen LogP) is 10.6. The van der Waals surface area contributed by atoms with Crippen molar-refractivity contribution in [2.75, 3.05) is 0 Å². The molecular formula is C39H25N3S. The smallest absolute Gasteiger partial charge is 0.165 e. The van der Waals surface area contributed by atoms with Gasteiger partial charge in [-0.05, 0) is 40.5 Å². The Bertz CT molecular complexity index is 2220. The first-order valence-corrected chi connectivity index (χ1v) is 15.1. The number of benzene rings is 6. The van der Waals surface area contributed by atoms with Crippen LogP contribution in [0.1, 0.15) is 0 Å². The van der Waals surface area contributed by atoms with Crippen LogP contribution in [0, 0.1) is 0 Å². The average Bonchev–Trinajstić information content (AvgIpc) is 3.48. The lowest BCUT2D eigenvalue weighted by Gasteiger charge is -2.11. The van der Waals surface area contributed by atoms with Crippen LogP contribution in [0.5, 0.6) is 0 Å². The largest absolute Gasteiger partial charge is 0.208 e. The van der Waals surface area contributed by atoms with Gasteiger partial charge in [0, 0.05) is 36.9 Å². The molecule has 0 N–H and O–H groups in total. The van der Waals surface area contributed by atoms with Crippen LogP contribution in [0.15, 0.2) is 152 Å². The molecule has 0 aliphatic heterocycles. The summed E-state index contributed by atoms with van der Waals surface area (Å²) in [6.07, 6.45) is 0. The quantitative estimate of drug-likeness (QED) is 0.208. The summed E-state index contributed by atoms with van der Waals surface area (Å²) in [5.41, 5.74) is 7.54. The number of nitrogens with zero attached hydrogens (tertiary/aromatic N) is 3. The molecular weight excluding hydrogens is 543 g/mol. The first-order valence-electron chi connectivity index (χ1n) is 14.3. The van der Waals surface area contributed by atoms with Gasteiger partial charge in [-0.1, -0.05) is 133 Å². The van der Waals surface area contributed by atoms with Crippen LogP contribution in [-0.2, 0) is 0 Å². The fourth-order valence-corrected chi connectivity index (χ4v) is 6.80. The van der Waals surface area contributed by atoms with Crippen LogP contribution < -0.4 is 0 Å². The Hall–Kier alpha value is -5.45. The van der Waals surface area contributed by atoms with Crippen molar-refractivity contribution < 1.29 is 0 Å². The molecule has 2 heterocycles.